The Bertz CT molecular complexity index is 495. The molecular weight excluding hydrogens is 230 g/mol. The molecule has 1 rings (SSSR count). The molecule has 1 aromatic carbocycles. The first-order chi connectivity index (χ1) is 6.79. The lowest BCUT2D eigenvalue weighted by atomic mass is 10.1. The smallest absolute Gasteiger partial charge is 0.355 e. The zero-order valence-corrected chi connectivity index (χ0v) is 8.35. The zero-order chi connectivity index (χ0) is 11.6. The number of Topliss-reactive ketones (excluding diaryl/α,β-unsaturated/α-hetero) is 1. The van der Waals surface area contributed by atoms with Gasteiger partial charge in [-0.05, 0) is 25.1 Å². The normalized spacial score (nSPS) is 11.1. The van der Waals surface area contributed by atoms with Crippen molar-refractivity contribution in [2.45, 2.75) is 6.92 Å². The van der Waals surface area contributed by atoms with Gasteiger partial charge in [-0.3, -0.25) is 4.79 Å². The van der Waals surface area contributed by atoms with Crippen molar-refractivity contribution in [3.8, 4) is 5.75 Å². The van der Waals surface area contributed by atoms with Crippen molar-refractivity contribution in [2.75, 3.05) is 0 Å². The van der Waals surface area contributed by atoms with Crippen LogP contribution in [0.25, 0.3) is 0 Å². The number of hydrogen-bond donors (Lipinski definition) is 0. The van der Waals surface area contributed by atoms with Gasteiger partial charge in [0.1, 0.15) is 0 Å². The zero-order valence-electron chi connectivity index (χ0n) is 7.53. The summed E-state index contributed by atoms with van der Waals surface area (Å²) in [5.41, 5.74) is 0.0381. The van der Waals surface area contributed by atoms with E-state index >= 15 is 0 Å². The number of benzene rings is 1. The van der Waals surface area contributed by atoms with Crippen LogP contribution in [0.2, 0.25) is 0 Å². The van der Waals surface area contributed by atoms with E-state index in [0.717, 1.165) is 18.2 Å². The maximum absolute atomic E-state index is 13.0. The highest BCUT2D eigenvalue weighted by atomic mass is 32.3. The van der Waals surface area contributed by atoms with Gasteiger partial charge in [-0.1, -0.05) is 3.89 Å². The molecule has 0 aliphatic rings. The number of ketones is 1. The molecule has 82 valence electrons. The van der Waals surface area contributed by atoms with Crippen LogP contribution in [-0.2, 0) is 10.5 Å². The van der Waals surface area contributed by atoms with Gasteiger partial charge in [-0.2, -0.15) is 8.42 Å². The second-order valence-corrected chi connectivity index (χ2v) is 3.63. The Kier molecular flexibility index (Phi) is 3.04. The molecule has 1 aromatic rings. The molecule has 0 bridgehead atoms. The van der Waals surface area contributed by atoms with Crippen LogP contribution in [0.4, 0.5) is 8.28 Å². The molecule has 0 spiro atoms. The van der Waals surface area contributed by atoms with Crippen LogP contribution in [0.5, 0.6) is 5.75 Å². The van der Waals surface area contributed by atoms with E-state index < -0.39 is 27.9 Å². The van der Waals surface area contributed by atoms with E-state index in [9.17, 15) is 21.5 Å². The van der Waals surface area contributed by atoms with Gasteiger partial charge >= 0.3 is 10.5 Å². The predicted molar refractivity (Wildman–Crippen MR) is 47.1 cm³/mol. The third-order valence-electron chi connectivity index (χ3n) is 1.53. The van der Waals surface area contributed by atoms with Crippen molar-refractivity contribution >= 4 is 16.3 Å². The second kappa shape index (κ2) is 3.93. The van der Waals surface area contributed by atoms with E-state index in [4.69, 9.17) is 0 Å². The minimum absolute atomic E-state index is 0.0381. The van der Waals surface area contributed by atoms with Crippen LogP contribution < -0.4 is 4.18 Å². The second-order valence-electron chi connectivity index (χ2n) is 2.68. The molecule has 0 saturated carbocycles. The average Bonchev–Trinajstić information content (AvgIpc) is 2.05. The van der Waals surface area contributed by atoms with Gasteiger partial charge in [-0.25, -0.2) is 4.39 Å². The topological polar surface area (TPSA) is 60.4 Å². The van der Waals surface area contributed by atoms with Crippen LogP contribution in [0.15, 0.2) is 18.2 Å². The Morgan fingerprint density at radius 3 is 2.40 bits per heavy atom. The lowest BCUT2D eigenvalue weighted by molar-refractivity contribution is 0.101. The molecule has 4 nitrogen and oxygen atoms in total. The fourth-order valence-electron chi connectivity index (χ4n) is 0.895. The molecule has 0 fully saturated rings. The predicted octanol–water partition coefficient (Wildman–Crippen LogP) is 1.62. The lowest BCUT2D eigenvalue weighted by Gasteiger charge is -2.02. The highest BCUT2D eigenvalue weighted by Gasteiger charge is 2.14. The van der Waals surface area contributed by atoms with Crippen molar-refractivity contribution in [2.24, 2.45) is 0 Å². The van der Waals surface area contributed by atoms with Crippen molar-refractivity contribution in [3.63, 3.8) is 0 Å². The summed E-state index contributed by atoms with van der Waals surface area (Å²) in [5.74, 6) is -2.31. The summed E-state index contributed by atoms with van der Waals surface area (Å²) in [5, 5.41) is 0. The van der Waals surface area contributed by atoms with Gasteiger partial charge in [0.05, 0.1) is 0 Å². The van der Waals surface area contributed by atoms with E-state index in [1.165, 1.54) is 6.92 Å². The van der Waals surface area contributed by atoms with Gasteiger partial charge in [0.2, 0.25) is 0 Å². The van der Waals surface area contributed by atoms with E-state index in [-0.39, 0.29) is 5.56 Å². The molecule has 0 amide bonds. The molecule has 0 N–H and O–H groups in total. The lowest BCUT2D eigenvalue weighted by Crippen LogP contribution is -2.04. The van der Waals surface area contributed by atoms with Crippen LogP contribution >= 0.6 is 0 Å². The maximum Gasteiger partial charge on any atom is 0.488 e. The summed E-state index contributed by atoms with van der Waals surface area (Å²) in [4.78, 5) is 10.8. The van der Waals surface area contributed by atoms with Crippen LogP contribution in [0.3, 0.4) is 0 Å². The molecule has 0 radical (unpaired) electrons. The summed E-state index contributed by atoms with van der Waals surface area (Å²) >= 11 is 0. The van der Waals surface area contributed by atoms with Gasteiger partial charge in [0.25, 0.3) is 0 Å². The maximum atomic E-state index is 13.0. The Labute approximate surface area is 84.9 Å². The Morgan fingerprint density at radius 1 is 1.40 bits per heavy atom. The number of halogens is 2. The Hall–Kier alpha value is -1.50. The fraction of sp³-hybridized carbons (Fsp3) is 0.125. The van der Waals surface area contributed by atoms with E-state index in [1.54, 1.807) is 0 Å². The summed E-state index contributed by atoms with van der Waals surface area (Å²) in [6.45, 7) is 1.21. The van der Waals surface area contributed by atoms with E-state index in [0.29, 0.717) is 0 Å². The number of hydrogen-bond acceptors (Lipinski definition) is 4. The molecule has 0 aromatic heterocycles. The standard InChI is InChI=1S/C8H6F2O4S/c1-5(11)6-2-3-8(7(9)4-6)14-15(10,12)13/h2-4H,1H3. The summed E-state index contributed by atoms with van der Waals surface area (Å²) < 4.78 is 48.8. The molecule has 0 heterocycles. The van der Waals surface area contributed by atoms with Crippen molar-refractivity contribution in [3.05, 3.63) is 29.6 Å². The molecule has 0 atom stereocenters. The SMILES string of the molecule is CC(=O)c1ccc(OS(=O)(=O)F)c(F)c1. The number of carbonyl (C=O) groups is 1. The molecule has 0 saturated heterocycles. The first-order valence-electron chi connectivity index (χ1n) is 3.74. The molecular formula is C8H6F2O4S. The summed E-state index contributed by atoms with van der Waals surface area (Å²) in [6, 6.07) is 2.76. The van der Waals surface area contributed by atoms with Crippen molar-refractivity contribution in [1.29, 1.82) is 0 Å². The third kappa shape index (κ3) is 3.28. The molecule has 0 unspecified atom stereocenters. The highest BCUT2D eigenvalue weighted by Crippen LogP contribution is 2.20. The summed E-state index contributed by atoms with van der Waals surface area (Å²) in [6.07, 6.45) is 0. The minimum Gasteiger partial charge on any atom is -0.355 e. The van der Waals surface area contributed by atoms with Gasteiger partial charge in [0, 0.05) is 5.56 Å². The van der Waals surface area contributed by atoms with Gasteiger partial charge in [0.15, 0.2) is 17.3 Å². The first-order valence-corrected chi connectivity index (χ1v) is 5.05. The molecule has 15 heavy (non-hydrogen) atoms. The number of carbonyl (C=O) groups excluding carboxylic acids is 1. The molecule has 0 aliphatic carbocycles. The monoisotopic (exact) mass is 236 g/mol. The highest BCUT2D eigenvalue weighted by molar-refractivity contribution is 7.81. The quantitative estimate of drug-likeness (QED) is 0.591. The molecule has 7 heteroatoms. The van der Waals surface area contributed by atoms with Crippen LogP contribution in [0, 0.1) is 5.82 Å². The minimum atomic E-state index is -5.26. The van der Waals surface area contributed by atoms with Crippen LogP contribution in [0.1, 0.15) is 17.3 Å². The largest absolute Gasteiger partial charge is 0.488 e. The fourth-order valence-corrected chi connectivity index (χ4v) is 1.24. The van der Waals surface area contributed by atoms with Gasteiger partial charge in [-0.15, -0.1) is 0 Å². The Morgan fingerprint density at radius 2 is 2.00 bits per heavy atom. The third-order valence-corrected chi connectivity index (χ3v) is 1.91. The van der Waals surface area contributed by atoms with Gasteiger partial charge < -0.3 is 4.18 Å². The summed E-state index contributed by atoms with van der Waals surface area (Å²) in [7, 11) is -5.26. The van der Waals surface area contributed by atoms with E-state index in [2.05, 4.69) is 4.18 Å². The number of rotatable bonds is 3. The van der Waals surface area contributed by atoms with Crippen LogP contribution in [-0.4, -0.2) is 14.2 Å². The van der Waals surface area contributed by atoms with Crippen molar-refractivity contribution < 1.29 is 25.7 Å². The average molecular weight is 236 g/mol. The van der Waals surface area contributed by atoms with Crippen molar-refractivity contribution in [1.82, 2.24) is 0 Å². The van der Waals surface area contributed by atoms with E-state index in [1.807, 2.05) is 0 Å². The first kappa shape index (κ1) is 11.6. The Balaban J connectivity index is 3.09. The molecule has 0 aliphatic heterocycles.